The van der Waals surface area contributed by atoms with Crippen LogP contribution < -0.4 is 10.6 Å². The number of rotatable bonds is 7. The highest BCUT2D eigenvalue weighted by molar-refractivity contribution is 5.94. The van der Waals surface area contributed by atoms with Crippen LogP contribution in [0.2, 0.25) is 0 Å². The molecule has 0 aliphatic carbocycles. The lowest BCUT2D eigenvalue weighted by atomic mass is 10.1. The van der Waals surface area contributed by atoms with E-state index in [4.69, 9.17) is 0 Å². The Morgan fingerprint density at radius 2 is 1.68 bits per heavy atom. The molecule has 6 heteroatoms. The SMILES string of the molecule is CC(=O)c1ccc(Nc2nc(C)cc(C(=O)NCCc3ccccc3)n2)cc1. The Morgan fingerprint density at radius 1 is 0.964 bits per heavy atom. The first kappa shape index (κ1) is 19.2. The maximum atomic E-state index is 12.4. The molecule has 0 spiro atoms. The molecule has 0 radical (unpaired) electrons. The molecule has 142 valence electrons. The van der Waals surface area contributed by atoms with E-state index in [-0.39, 0.29) is 11.7 Å². The predicted octanol–water partition coefficient (Wildman–Crippen LogP) is 3.70. The van der Waals surface area contributed by atoms with Crippen molar-refractivity contribution >= 4 is 23.3 Å². The maximum absolute atomic E-state index is 12.4. The minimum Gasteiger partial charge on any atom is -0.350 e. The van der Waals surface area contributed by atoms with E-state index in [1.165, 1.54) is 6.92 Å². The average molecular weight is 374 g/mol. The maximum Gasteiger partial charge on any atom is 0.270 e. The molecule has 3 aromatic rings. The van der Waals surface area contributed by atoms with E-state index in [0.29, 0.717) is 29.4 Å². The molecule has 0 fully saturated rings. The molecule has 1 aromatic heterocycles. The Labute approximate surface area is 164 Å². The van der Waals surface area contributed by atoms with Gasteiger partial charge in [0, 0.05) is 23.5 Å². The number of benzene rings is 2. The van der Waals surface area contributed by atoms with Crippen LogP contribution >= 0.6 is 0 Å². The number of amides is 1. The topological polar surface area (TPSA) is 84.0 Å². The highest BCUT2D eigenvalue weighted by atomic mass is 16.1. The summed E-state index contributed by atoms with van der Waals surface area (Å²) in [6, 6.07) is 18.7. The van der Waals surface area contributed by atoms with E-state index in [1.807, 2.05) is 37.3 Å². The van der Waals surface area contributed by atoms with E-state index >= 15 is 0 Å². The fraction of sp³-hybridized carbons (Fsp3) is 0.182. The normalized spacial score (nSPS) is 10.4. The summed E-state index contributed by atoms with van der Waals surface area (Å²) in [4.78, 5) is 32.4. The fourth-order valence-corrected chi connectivity index (χ4v) is 2.71. The number of carbonyl (C=O) groups excluding carboxylic acids is 2. The number of hydrogen-bond acceptors (Lipinski definition) is 5. The minimum absolute atomic E-state index is 0.00724. The summed E-state index contributed by atoms with van der Waals surface area (Å²) in [7, 11) is 0. The smallest absolute Gasteiger partial charge is 0.270 e. The van der Waals surface area contributed by atoms with Gasteiger partial charge in [-0.1, -0.05) is 30.3 Å². The van der Waals surface area contributed by atoms with E-state index in [1.54, 1.807) is 30.3 Å². The number of ketones is 1. The van der Waals surface area contributed by atoms with Crippen molar-refractivity contribution in [1.29, 1.82) is 0 Å². The molecule has 0 aliphatic heterocycles. The number of aryl methyl sites for hydroxylation is 1. The van der Waals surface area contributed by atoms with E-state index in [9.17, 15) is 9.59 Å². The standard InChI is InChI=1S/C22H22N4O2/c1-15-14-20(21(28)23-13-12-17-6-4-3-5-7-17)26-22(24-15)25-19-10-8-18(9-11-19)16(2)27/h3-11,14H,12-13H2,1-2H3,(H,23,28)(H,24,25,26). The van der Waals surface area contributed by atoms with Crippen LogP contribution in [0.1, 0.15) is 39.0 Å². The van der Waals surface area contributed by atoms with Crippen molar-refractivity contribution < 1.29 is 9.59 Å². The summed E-state index contributed by atoms with van der Waals surface area (Å²) in [5, 5.41) is 5.97. The Hall–Kier alpha value is -3.54. The first-order chi connectivity index (χ1) is 13.5. The Kier molecular flexibility index (Phi) is 6.11. The molecular weight excluding hydrogens is 352 g/mol. The van der Waals surface area contributed by atoms with E-state index in [0.717, 1.165) is 17.7 Å². The third-order valence-corrected chi connectivity index (χ3v) is 4.18. The number of carbonyl (C=O) groups is 2. The summed E-state index contributed by atoms with van der Waals surface area (Å²) < 4.78 is 0. The number of aromatic nitrogens is 2. The Balaban J connectivity index is 1.64. The van der Waals surface area contributed by atoms with E-state index < -0.39 is 0 Å². The van der Waals surface area contributed by atoms with E-state index in [2.05, 4.69) is 20.6 Å². The van der Waals surface area contributed by atoms with Crippen LogP contribution in [0.3, 0.4) is 0 Å². The highest BCUT2D eigenvalue weighted by Crippen LogP contribution is 2.15. The van der Waals surface area contributed by atoms with Gasteiger partial charge in [0.2, 0.25) is 5.95 Å². The van der Waals surface area contributed by atoms with Crippen molar-refractivity contribution in [2.75, 3.05) is 11.9 Å². The molecule has 0 saturated carbocycles. The zero-order chi connectivity index (χ0) is 19.9. The van der Waals surface area contributed by atoms with Gasteiger partial charge >= 0.3 is 0 Å². The lowest BCUT2D eigenvalue weighted by molar-refractivity contribution is 0.0948. The van der Waals surface area contributed by atoms with Gasteiger partial charge in [0.1, 0.15) is 5.69 Å². The molecular formula is C22H22N4O2. The van der Waals surface area contributed by atoms with Crippen LogP contribution in [-0.2, 0) is 6.42 Å². The largest absolute Gasteiger partial charge is 0.350 e. The van der Waals surface area contributed by atoms with Crippen molar-refractivity contribution in [3.05, 3.63) is 83.2 Å². The molecule has 1 amide bonds. The molecule has 1 heterocycles. The number of nitrogens with one attached hydrogen (secondary N) is 2. The van der Waals surface area contributed by atoms with Gasteiger partial charge in [0.25, 0.3) is 5.91 Å². The highest BCUT2D eigenvalue weighted by Gasteiger charge is 2.11. The van der Waals surface area contributed by atoms with Gasteiger partial charge in [0.15, 0.2) is 5.78 Å². The molecule has 0 bridgehead atoms. The van der Waals surface area contributed by atoms with Crippen molar-refractivity contribution in [2.24, 2.45) is 0 Å². The lowest BCUT2D eigenvalue weighted by Crippen LogP contribution is -2.27. The third kappa shape index (κ3) is 5.23. The molecule has 3 rings (SSSR count). The summed E-state index contributed by atoms with van der Waals surface area (Å²) in [5.74, 6) is 0.105. The van der Waals surface area contributed by atoms with Crippen molar-refractivity contribution in [3.8, 4) is 0 Å². The molecule has 2 N–H and O–H groups in total. The second-order valence-corrected chi connectivity index (χ2v) is 6.47. The average Bonchev–Trinajstić information content (AvgIpc) is 2.68. The van der Waals surface area contributed by atoms with Crippen LogP contribution in [-0.4, -0.2) is 28.2 Å². The van der Waals surface area contributed by atoms with Gasteiger partial charge in [-0.15, -0.1) is 0 Å². The number of nitrogens with zero attached hydrogens (tertiary/aromatic N) is 2. The summed E-state index contributed by atoms with van der Waals surface area (Å²) in [6.45, 7) is 3.86. The first-order valence-electron chi connectivity index (χ1n) is 9.07. The Bertz CT molecular complexity index is 970. The summed E-state index contributed by atoms with van der Waals surface area (Å²) in [6.07, 6.45) is 0.754. The van der Waals surface area contributed by atoms with Crippen molar-refractivity contribution in [2.45, 2.75) is 20.3 Å². The van der Waals surface area contributed by atoms with Gasteiger partial charge < -0.3 is 10.6 Å². The summed E-state index contributed by atoms with van der Waals surface area (Å²) >= 11 is 0. The quantitative estimate of drug-likeness (QED) is 0.616. The first-order valence-corrected chi connectivity index (χ1v) is 9.07. The number of hydrogen-bond donors (Lipinski definition) is 2. The van der Waals surface area contributed by atoms with Gasteiger partial charge in [-0.2, -0.15) is 0 Å². The van der Waals surface area contributed by atoms with Crippen LogP contribution in [0.15, 0.2) is 60.7 Å². The number of Topliss-reactive ketones (excluding diaryl/α,β-unsaturated/α-hetero) is 1. The molecule has 0 unspecified atom stereocenters. The third-order valence-electron chi connectivity index (χ3n) is 4.18. The number of anilines is 2. The fourth-order valence-electron chi connectivity index (χ4n) is 2.71. The zero-order valence-corrected chi connectivity index (χ0v) is 15.9. The molecule has 0 saturated heterocycles. The summed E-state index contributed by atoms with van der Waals surface area (Å²) in [5.41, 5.74) is 3.53. The molecule has 0 atom stereocenters. The monoisotopic (exact) mass is 374 g/mol. The van der Waals surface area contributed by atoms with Crippen molar-refractivity contribution in [1.82, 2.24) is 15.3 Å². The van der Waals surface area contributed by atoms with Gasteiger partial charge in [-0.25, -0.2) is 9.97 Å². The zero-order valence-electron chi connectivity index (χ0n) is 15.9. The molecule has 28 heavy (non-hydrogen) atoms. The Morgan fingerprint density at radius 3 is 2.36 bits per heavy atom. The van der Waals surface area contributed by atoms with Gasteiger partial charge in [-0.05, 0) is 56.2 Å². The molecule has 0 aliphatic rings. The van der Waals surface area contributed by atoms with Crippen LogP contribution in [0, 0.1) is 6.92 Å². The molecule has 6 nitrogen and oxygen atoms in total. The lowest BCUT2D eigenvalue weighted by Gasteiger charge is -2.09. The molecule has 2 aromatic carbocycles. The van der Waals surface area contributed by atoms with Crippen LogP contribution in [0.4, 0.5) is 11.6 Å². The van der Waals surface area contributed by atoms with Crippen LogP contribution in [0.5, 0.6) is 0 Å². The second-order valence-electron chi connectivity index (χ2n) is 6.47. The van der Waals surface area contributed by atoms with Crippen molar-refractivity contribution in [3.63, 3.8) is 0 Å². The predicted molar refractivity (Wildman–Crippen MR) is 109 cm³/mol. The second kappa shape index (κ2) is 8.90. The van der Waals surface area contributed by atoms with Crippen LogP contribution in [0.25, 0.3) is 0 Å². The van der Waals surface area contributed by atoms with Gasteiger partial charge in [0.05, 0.1) is 0 Å². The minimum atomic E-state index is -0.239. The van der Waals surface area contributed by atoms with Gasteiger partial charge in [-0.3, -0.25) is 9.59 Å².